The Hall–Kier alpha value is -7.93. The predicted octanol–water partition coefficient (Wildman–Crippen LogP) is 14.6. The summed E-state index contributed by atoms with van der Waals surface area (Å²) in [4.78, 5) is 15.3. The van der Waals surface area contributed by atoms with E-state index in [4.69, 9.17) is 15.0 Å². The number of aromatic nitrogens is 5. The standard InChI is InChI=1S/C55H33N5S/c1-4-17-34(18-5-1)53-56-54(35-19-6-2-7-20-35)58-55(57-53)36-21-16-24-38(33-36)60-43-28-13-10-25-39(43)47-42-31-32-46-48(41-27-12-15-30-45(41)61-46)49(42)50-40-26-11-14-29-44(40)59(52(50)51(47)60)37-22-8-3-9-23-37/h1-33H. The van der Waals surface area contributed by atoms with Crippen LogP contribution in [0.2, 0.25) is 0 Å². The van der Waals surface area contributed by atoms with Crippen LogP contribution >= 0.6 is 11.3 Å². The molecule has 6 heteroatoms. The van der Waals surface area contributed by atoms with Crippen LogP contribution in [0.5, 0.6) is 0 Å². The van der Waals surface area contributed by atoms with E-state index in [1.807, 2.05) is 47.7 Å². The molecular weight excluding hydrogens is 763 g/mol. The fraction of sp³-hybridized carbons (Fsp3) is 0. The van der Waals surface area contributed by atoms with Gasteiger partial charge in [0.2, 0.25) is 0 Å². The zero-order valence-corrected chi connectivity index (χ0v) is 33.5. The highest BCUT2D eigenvalue weighted by Gasteiger charge is 2.27. The molecule has 0 saturated carbocycles. The van der Waals surface area contributed by atoms with Gasteiger partial charge in [0.1, 0.15) is 0 Å². The maximum atomic E-state index is 5.13. The molecule has 13 rings (SSSR count). The normalized spacial score (nSPS) is 11.9. The number of nitrogens with zero attached hydrogens (tertiary/aromatic N) is 5. The zero-order chi connectivity index (χ0) is 40.0. The first-order valence-electron chi connectivity index (χ1n) is 20.5. The Morgan fingerprint density at radius 1 is 0.311 bits per heavy atom. The number of hydrogen-bond acceptors (Lipinski definition) is 4. The van der Waals surface area contributed by atoms with Gasteiger partial charge in [-0.15, -0.1) is 11.3 Å². The van der Waals surface area contributed by atoms with Crippen LogP contribution in [0.15, 0.2) is 200 Å². The lowest BCUT2D eigenvalue weighted by molar-refractivity contribution is 1.07. The van der Waals surface area contributed by atoms with Gasteiger partial charge in [-0.2, -0.15) is 0 Å². The van der Waals surface area contributed by atoms with E-state index in [0.717, 1.165) is 39.1 Å². The minimum absolute atomic E-state index is 0.621. The number of para-hydroxylation sites is 3. The largest absolute Gasteiger partial charge is 0.307 e. The van der Waals surface area contributed by atoms with Crippen molar-refractivity contribution >= 4 is 85.9 Å². The van der Waals surface area contributed by atoms with Crippen molar-refractivity contribution in [3.8, 4) is 45.5 Å². The lowest BCUT2D eigenvalue weighted by Crippen LogP contribution is -2.01. The van der Waals surface area contributed by atoms with Gasteiger partial charge >= 0.3 is 0 Å². The minimum Gasteiger partial charge on any atom is -0.307 e. The van der Waals surface area contributed by atoms with Crippen LogP contribution in [0.1, 0.15) is 0 Å². The minimum atomic E-state index is 0.621. The molecule has 0 aliphatic rings. The molecule has 0 unspecified atom stereocenters. The zero-order valence-electron chi connectivity index (χ0n) is 32.7. The van der Waals surface area contributed by atoms with Crippen LogP contribution in [0.25, 0.3) is 120 Å². The van der Waals surface area contributed by atoms with Crippen LogP contribution in [0.3, 0.4) is 0 Å². The van der Waals surface area contributed by atoms with Crippen LogP contribution < -0.4 is 0 Å². The van der Waals surface area contributed by atoms with Gasteiger partial charge in [-0.05, 0) is 53.9 Å². The van der Waals surface area contributed by atoms with Crippen molar-refractivity contribution < 1.29 is 0 Å². The second-order valence-electron chi connectivity index (χ2n) is 15.5. The van der Waals surface area contributed by atoms with Gasteiger partial charge in [0.15, 0.2) is 17.5 Å². The predicted molar refractivity (Wildman–Crippen MR) is 255 cm³/mol. The van der Waals surface area contributed by atoms with Gasteiger partial charge in [-0.1, -0.05) is 152 Å². The number of benzene rings is 9. The molecule has 284 valence electrons. The van der Waals surface area contributed by atoms with E-state index in [1.165, 1.54) is 63.5 Å². The van der Waals surface area contributed by atoms with E-state index in [1.54, 1.807) is 0 Å². The molecule has 0 bridgehead atoms. The molecule has 0 fully saturated rings. The maximum absolute atomic E-state index is 5.13. The van der Waals surface area contributed by atoms with E-state index in [0.29, 0.717) is 17.5 Å². The van der Waals surface area contributed by atoms with E-state index in [-0.39, 0.29) is 0 Å². The number of fused-ring (bicyclic) bond motifs is 14. The van der Waals surface area contributed by atoms with Crippen LogP contribution in [0.4, 0.5) is 0 Å². The lowest BCUT2D eigenvalue weighted by atomic mass is 9.95. The van der Waals surface area contributed by atoms with Crippen molar-refractivity contribution in [1.82, 2.24) is 24.1 Å². The summed E-state index contributed by atoms with van der Waals surface area (Å²) in [5.74, 6) is 1.90. The second kappa shape index (κ2) is 13.3. The molecule has 9 aromatic carbocycles. The van der Waals surface area contributed by atoms with Crippen LogP contribution in [-0.4, -0.2) is 24.1 Å². The molecule has 0 N–H and O–H groups in total. The molecule has 0 spiro atoms. The summed E-state index contributed by atoms with van der Waals surface area (Å²) in [5, 5.41) is 10.1. The Morgan fingerprint density at radius 2 is 0.803 bits per heavy atom. The fourth-order valence-electron chi connectivity index (χ4n) is 9.57. The van der Waals surface area contributed by atoms with Crippen molar-refractivity contribution in [2.75, 3.05) is 0 Å². The molecule has 4 aromatic heterocycles. The SMILES string of the molecule is c1ccc(-c2nc(-c3ccccc3)nc(-c3cccc(-n4c5ccccc5c5c6ccc7sc8ccccc8c7c6c6c7ccccc7n(-c7ccccc7)c6c54)c3)n2)cc1. The average Bonchev–Trinajstić information content (AvgIpc) is 4.01. The summed E-state index contributed by atoms with van der Waals surface area (Å²) in [7, 11) is 0. The Morgan fingerprint density at radius 3 is 1.48 bits per heavy atom. The highest BCUT2D eigenvalue weighted by molar-refractivity contribution is 7.26. The first kappa shape index (κ1) is 34.0. The molecule has 4 heterocycles. The smallest absolute Gasteiger partial charge is 0.164 e. The Balaban J connectivity index is 1.19. The first-order valence-corrected chi connectivity index (χ1v) is 21.4. The summed E-state index contributed by atoms with van der Waals surface area (Å²) in [5.41, 5.74) is 9.58. The number of rotatable bonds is 5. The third-order valence-electron chi connectivity index (χ3n) is 12.1. The molecule has 0 aliphatic carbocycles. The third kappa shape index (κ3) is 5.09. The van der Waals surface area contributed by atoms with Crippen molar-refractivity contribution in [2.24, 2.45) is 0 Å². The van der Waals surface area contributed by atoms with Gasteiger partial charge < -0.3 is 9.13 Å². The topological polar surface area (TPSA) is 48.5 Å². The van der Waals surface area contributed by atoms with Gasteiger partial charge in [0, 0.05) is 75.2 Å². The van der Waals surface area contributed by atoms with Crippen molar-refractivity contribution in [3.05, 3.63) is 200 Å². The molecule has 5 nitrogen and oxygen atoms in total. The van der Waals surface area contributed by atoms with Gasteiger partial charge in [-0.3, -0.25) is 0 Å². The maximum Gasteiger partial charge on any atom is 0.164 e. The van der Waals surface area contributed by atoms with E-state index >= 15 is 0 Å². The number of thiophene rings is 1. The molecule has 0 saturated heterocycles. The first-order chi connectivity index (χ1) is 30.3. The van der Waals surface area contributed by atoms with Crippen molar-refractivity contribution in [2.45, 2.75) is 0 Å². The Bertz CT molecular complexity index is 3810. The average molecular weight is 796 g/mol. The monoisotopic (exact) mass is 795 g/mol. The van der Waals surface area contributed by atoms with Gasteiger partial charge in [0.25, 0.3) is 0 Å². The van der Waals surface area contributed by atoms with Crippen molar-refractivity contribution in [1.29, 1.82) is 0 Å². The van der Waals surface area contributed by atoms with E-state index in [9.17, 15) is 0 Å². The molecule has 0 atom stereocenters. The fourth-order valence-corrected chi connectivity index (χ4v) is 10.7. The Kier molecular flexibility index (Phi) is 7.41. The van der Waals surface area contributed by atoms with Crippen molar-refractivity contribution in [3.63, 3.8) is 0 Å². The summed E-state index contributed by atoms with van der Waals surface area (Å²) >= 11 is 1.87. The Labute approximate surface area is 354 Å². The quantitative estimate of drug-likeness (QED) is 0.174. The molecule has 0 amide bonds. The summed E-state index contributed by atoms with van der Waals surface area (Å²) in [6.45, 7) is 0. The highest BCUT2D eigenvalue weighted by Crippen LogP contribution is 2.50. The summed E-state index contributed by atoms with van der Waals surface area (Å²) in [6.07, 6.45) is 0. The lowest BCUT2D eigenvalue weighted by Gasteiger charge is -2.15. The van der Waals surface area contributed by atoms with Crippen LogP contribution in [-0.2, 0) is 0 Å². The van der Waals surface area contributed by atoms with Gasteiger partial charge in [0.05, 0.1) is 22.1 Å². The molecule has 0 radical (unpaired) electrons. The van der Waals surface area contributed by atoms with E-state index in [2.05, 4.69) is 173 Å². The molecule has 0 aliphatic heterocycles. The highest BCUT2D eigenvalue weighted by atomic mass is 32.1. The molecule has 13 aromatic rings. The van der Waals surface area contributed by atoms with Crippen LogP contribution in [0, 0.1) is 0 Å². The summed E-state index contributed by atoms with van der Waals surface area (Å²) < 4.78 is 7.56. The number of hydrogen-bond donors (Lipinski definition) is 0. The molecular formula is C55H33N5S. The summed E-state index contributed by atoms with van der Waals surface area (Å²) in [6, 6.07) is 71.2. The third-order valence-corrected chi connectivity index (χ3v) is 13.2. The van der Waals surface area contributed by atoms with Gasteiger partial charge in [-0.25, -0.2) is 15.0 Å². The van der Waals surface area contributed by atoms with E-state index < -0.39 is 0 Å². The second-order valence-corrected chi connectivity index (χ2v) is 16.6. The molecule has 61 heavy (non-hydrogen) atoms.